The molecule has 4 aromatic carbocycles. The highest BCUT2D eigenvalue weighted by molar-refractivity contribution is 7.48. The van der Waals surface area contributed by atoms with Crippen LogP contribution in [0, 0.1) is 0 Å². The van der Waals surface area contributed by atoms with Gasteiger partial charge in [-0.2, -0.15) is 0 Å². The summed E-state index contributed by atoms with van der Waals surface area (Å²) < 4.78 is 57.1. The lowest BCUT2D eigenvalue weighted by Gasteiger charge is -2.34. The molecule has 2 aliphatic heterocycles. The number of hydrogen-bond donors (Lipinski definition) is 3. The van der Waals surface area contributed by atoms with Gasteiger partial charge >= 0.3 is 32.3 Å². The molecule has 2 aliphatic rings. The molecule has 12 heteroatoms. The van der Waals surface area contributed by atoms with Crippen molar-refractivity contribution in [3.8, 4) is 23.0 Å². The van der Waals surface area contributed by atoms with Crippen molar-refractivity contribution in [1.82, 2.24) is 0 Å². The van der Waals surface area contributed by atoms with Gasteiger partial charge in [0.25, 0.3) is 0 Å². The van der Waals surface area contributed by atoms with Crippen LogP contribution in [0.3, 0.4) is 0 Å². The molecular formula is C56H83AlO9P2. The number of rotatable bonds is 4. The first-order valence-electron chi connectivity index (χ1n) is 24.3. The molecule has 2 radical (unpaired) electrons. The zero-order valence-corrected chi connectivity index (χ0v) is 48.3. The average Bonchev–Trinajstić information content (AvgIpc) is 3.18. The third-order valence-electron chi connectivity index (χ3n) is 13.2. The SMILES string of the molecule is CC(C)c1cc2c(c(C(C)(C)C)c1)OP(=O)(O)Oc1c(cc(C(C)C)cc1C(C)(C)C)C2C.CC(C)c1cc2c(c(C(C)(C)C)c1)OP(=O)(O)Oc1c(cc(C(C)C)cc1C(C)(C)C)C2C.[OH][Al]. The summed E-state index contributed by atoms with van der Waals surface area (Å²) in [4.78, 5) is 21.8. The fourth-order valence-electron chi connectivity index (χ4n) is 8.79. The summed E-state index contributed by atoms with van der Waals surface area (Å²) in [5.74, 6) is 3.02. The first kappa shape index (κ1) is 57.5. The Bertz CT molecular complexity index is 2220. The van der Waals surface area contributed by atoms with Crippen LogP contribution in [-0.4, -0.2) is 30.6 Å². The van der Waals surface area contributed by atoms with Crippen LogP contribution in [0.25, 0.3) is 0 Å². The second kappa shape index (κ2) is 20.6. The van der Waals surface area contributed by atoms with E-state index in [0.717, 1.165) is 44.5 Å². The summed E-state index contributed by atoms with van der Waals surface area (Å²) in [6.45, 7) is 46.9. The van der Waals surface area contributed by atoms with Crippen molar-refractivity contribution >= 4 is 32.3 Å². The third kappa shape index (κ3) is 12.9. The van der Waals surface area contributed by atoms with Crippen LogP contribution >= 0.6 is 15.6 Å². The van der Waals surface area contributed by atoms with Crippen molar-refractivity contribution < 1.29 is 41.2 Å². The zero-order chi connectivity index (χ0) is 52.2. The summed E-state index contributed by atoms with van der Waals surface area (Å²) in [5.41, 5.74) is 11.1. The lowest BCUT2D eigenvalue weighted by atomic mass is 9.77. The quantitative estimate of drug-likeness (QED) is 0.135. The van der Waals surface area contributed by atoms with Crippen LogP contribution in [0.5, 0.6) is 23.0 Å². The summed E-state index contributed by atoms with van der Waals surface area (Å²) in [6, 6.07) is 17.0. The largest absolute Gasteiger partial charge is 0.584 e. The van der Waals surface area contributed by atoms with Gasteiger partial charge in [0, 0.05) is 56.3 Å². The zero-order valence-electron chi connectivity index (χ0n) is 45.3. The second-order valence-corrected chi connectivity index (χ2v) is 26.9. The Hall–Kier alpha value is -3.05. The fourth-order valence-corrected chi connectivity index (χ4v) is 10.6. The van der Waals surface area contributed by atoms with E-state index >= 15 is 0 Å². The smallest absolute Gasteiger partial charge is 0.529 e. The lowest BCUT2D eigenvalue weighted by Crippen LogP contribution is -2.21. The van der Waals surface area contributed by atoms with Gasteiger partial charge in [0.1, 0.15) is 23.0 Å². The molecule has 0 saturated carbocycles. The standard InChI is InChI=1S/2C28H41O4P.Al.H2O/c2*1-16(2)19-12-21-18(5)22-13-20(17(3)4)15-24(28(9,10)11)26(22)32-33(29,30)31-25(21)23(14-19)27(6,7)8;;/h2*12-18H,1-11H3,(H,29,30);;1H2/q;;+1;/p-1. The van der Waals surface area contributed by atoms with Crippen molar-refractivity contribution in [3.05, 3.63) is 115 Å². The van der Waals surface area contributed by atoms with Crippen LogP contribution in [0.1, 0.15) is 255 Å². The highest BCUT2D eigenvalue weighted by Crippen LogP contribution is 2.59. The van der Waals surface area contributed by atoms with Crippen LogP contribution in [0.15, 0.2) is 48.5 Å². The van der Waals surface area contributed by atoms with E-state index in [2.05, 4.69) is 201 Å². The fraction of sp³-hybridized carbons (Fsp3) is 0.571. The number of fused-ring (bicyclic) bond motifs is 4. The molecule has 9 nitrogen and oxygen atoms in total. The van der Waals surface area contributed by atoms with Gasteiger partial charge in [-0.25, -0.2) is 9.13 Å². The van der Waals surface area contributed by atoms with Gasteiger partial charge in [-0.3, -0.25) is 9.79 Å². The monoisotopic (exact) mass is 989 g/mol. The Kier molecular flexibility index (Phi) is 17.4. The molecule has 2 heterocycles. The van der Waals surface area contributed by atoms with E-state index in [1.165, 1.54) is 38.9 Å². The van der Waals surface area contributed by atoms with Gasteiger partial charge < -0.3 is 22.3 Å². The van der Waals surface area contributed by atoms with Crippen LogP contribution < -0.4 is 18.1 Å². The van der Waals surface area contributed by atoms with Crippen LogP contribution in [0.2, 0.25) is 0 Å². The maximum absolute atomic E-state index is 13.3. The van der Waals surface area contributed by atoms with E-state index in [-0.39, 0.29) is 33.5 Å². The number of benzene rings is 4. The topological polar surface area (TPSA) is 132 Å². The van der Waals surface area contributed by atoms with E-state index in [1.54, 1.807) is 0 Å². The summed E-state index contributed by atoms with van der Waals surface area (Å²) in [7, 11) is -8.84. The van der Waals surface area contributed by atoms with Crippen molar-refractivity contribution in [2.24, 2.45) is 0 Å². The highest BCUT2D eigenvalue weighted by atomic mass is 31.2. The van der Waals surface area contributed by atoms with Gasteiger partial charge in [0.2, 0.25) is 0 Å². The minimum atomic E-state index is -4.42. The maximum atomic E-state index is 13.3. The highest BCUT2D eigenvalue weighted by Gasteiger charge is 2.41. The summed E-state index contributed by atoms with van der Waals surface area (Å²) in [6.07, 6.45) is 0. The molecule has 0 amide bonds. The molecule has 374 valence electrons. The molecule has 0 bridgehead atoms. The van der Waals surface area contributed by atoms with E-state index in [4.69, 9.17) is 22.3 Å². The molecule has 0 spiro atoms. The Morgan fingerprint density at radius 2 is 0.559 bits per heavy atom. The Balaban J connectivity index is 0.000000286. The van der Waals surface area contributed by atoms with Gasteiger partial charge in [-0.15, -0.1) is 0 Å². The predicted octanol–water partition coefficient (Wildman–Crippen LogP) is 16.2. The normalized spacial score (nSPS) is 20.5. The number of phosphoric acid groups is 2. The summed E-state index contributed by atoms with van der Waals surface area (Å²) >= 11 is 1.42. The summed E-state index contributed by atoms with van der Waals surface area (Å²) in [5, 5.41) is 0. The van der Waals surface area contributed by atoms with Crippen molar-refractivity contribution in [2.45, 2.75) is 209 Å². The molecule has 0 aliphatic carbocycles. The Labute approximate surface area is 419 Å². The van der Waals surface area contributed by atoms with Gasteiger partial charge in [0.05, 0.1) is 0 Å². The van der Waals surface area contributed by atoms with E-state index in [1.807, 2.05) is 0 Å². The van der Waals surface area contributed by atoms with Gasteiger partial charge in [-0.05, 0) is 67.6 Å². The maximum Gasteiger partial charge on any atom is 0.584 e. The van der Waals surface area contributed by atoms with Gasteiger partial charge in [-0.1, -0.05) is 201 Å². The van der Waals surface area contributed by atoms with E-state index in [9.17, 15) is 18.9 Å². The average molecular weight is 989 g/mol. The van der Waals surface area contributed by atoms with Crippen molar-refractivity contribution in [2.75, 3.05) is 0 Å². The molecule has 6 rings (SSSR count). The van der Waals surface area contributed by atoms with Crippen molar-refractivity contribution in [3.63, 3.8) is 0 Å². The minimum Gasteiger partial charge on any atom is -0.529 e. The minimum absolute atomic E-state index is 0.0742. The van der Waals surface area contributed by atoms with Crippen molar-refractivity contribution in [1.29, 1.82) is 0 Å². The second-order valence-electron chi connectivity index (χ2n) is 24.3. The van der Waals surface area contributed by atoms with Gasteiger partial charge in [0.15, 0.2) is 0 Å². The molecule has 0 saturated heterocycles. The third-order valence-corrected chi connectivity index (χ3v) is 14.8. The molecule has 68 heavy (non-hydrogen) atoms. The van der Waals surface area contributed by atoms with Crippen LogP contribution in [0.4, 0.5) is 0 Å². The molecule has 0 atom stereocenters. The molecule has 0 fully saturated rings. The van der Waals surface area contributed by atoms with E-state index < -0.39 is 15.6 Å². The Morgan fingerprint density at radius 3 is 0.691 bits per heavy atom. The first-order chi connectivity index (χ1) is 30.8. The molecular weight excluding hydrogens is 906 g/mol. The predicted molar refractivity (Wildman–Crippen MR) is 282 cm³/mol. The first-order valence-corrected chi connectivity index (χ1v) is 27.8. The number of hydrogen-bond acceptors (Lipinski definition) is 7. The molecule has 3 N–H and O–H groups in total. The molecule has 0 aromatic heterocycles. The lowest BCUT2D eigenvalue weighted by molar-refractivity contribution is 0.278. The van der Waals surface area contributed by atoms with E-state index in [0.29, 0.717) is 46.7 Å². The Morgan fingerprint density at radius 1 is 0.397 bits per heavy atom. The molecule has 0 unspecified atom stereocenters. The van der Waals surface area contributed by atoms with Crippen LogP contribution in [-0.2, 0) is 30.8 Å². The number of phosphoric ester groups is 2. The molecule has 4 aromatic rings.